The summed E-state index contributed by atoms with van der Waals surface area (Å²) in [6.07, 6.45) is 14.4. The Morgan fingerprint density at radius 1 is 0.522 bits per heavy atom. The van der Waals surface area contributed by atoms with E-state index in [1.54, 1.807) is 0 Å². The largest absolute Gasteiger partial charge is 1.00 e. The fourth-order valence-electron chi connectivity index (χ4n) is 2.46. The number of hydrogen-bond acceptors (Lipinski definition) is 0. The SMILES string of the molecule is CCCCCCCCCCCC[N+](C)(C)C.[Cl-].c1ccccc1. The normalized spacial score (nSPS) is 10.4. The first-order valence-electron chi connectivity index (χ1n) is 9.36. The predicted octanol–water partition coefficient (Wildman–Crippen LogP) is 3.30. The van der Waals surface area contributed by atoms with Gasteiger partial charge in [-0.05, 0) is 12.8 Å². The Morgan fingerprint density at radius 3 is 1.13 bits per heavy atom. The maximum absolute atomic E-state index is 2.29. The average Bonchev–Trinajstić information content (AvgIpc) is 2.50. The molecule has 136 valence electrons. The van der Waals surface area contributed by atoms with E-state index in [1.165, 1.54) is 70.8 Å². The van der Waals surface area contributed by atoms with Gasteiger partial charge in [0.05, 0.1) is 27.7 Å². The Morgan fingerprint density at radius 2 is 0.826 bits per heavy atom. The molecule has 2 heteroatoms. The van der Waals surface area contributed by atoms with Crippen LogP contribution in [-0.2, 0) is 0 Å². The summed E-state index contributed by atoms with van der Waals surface area (Å²) < 4.78 is 1.12. The molecule has 0 fully saturated rings. The van der Waals surface area contributed by atoms with Crippen molar-refractivity contribution in [2.24, 2.45) is 0 Å². The molecule has 0 aromatic heterocycles. The summed E-state index contributed by atoms with van der Waals surface area (Å²) in [6.45, 7) is 3.62. The Labute approximate surface area is 152 Å². The highest BCUT2D eigenvalue weighted by atomic mass is 35.5. The number of nitrogens with zero attached hydrogens (tertiary/aromatic N) is 1. The Hall–Kier alpha value is -0.530. The van der Waals surface area contributed by atoms with E-state index in [0.29, 0.717) is 0 Å². The summed E-state index contributed by atoms with van der Waals surface area (Å²) in [6, 6.07) is 12.0. The predicted molar refractivity (Wildman–Crippen MR) is 101 cm³/mol. The van der Waals surface area contributed by atoms with Gasteiger partial charge < -0.3 is 16.9 Å². The molecule has 0 spiro atoms. The van der Waals surface area contributed by atoms with Crippen LogP contribution in [0, 0.1) is 0 Å². The van der Waals surface area contributed by atoms with E-state index in [4.69, 9.17) is 0 Å². The van der Waals surface area contributed by atoms with E-state index in [1.807, 2.05) is 36.4 Å². The number of quaternary nitrogens is 1. The van der Waals surface area contributed by atoms with Crippen molar-refractivity contribution < 1.29 is 16.9 Å². The molecule has 0 saturated heterocycles. The van der Waals surface area contributed by atoms with Crippen molar-refractivity contribution in [3.05, 3.63) is 36.4 Å². The molecule has 0 aliphatic heterocycles. The van der Waals surface area contributed by atoms with Crippen molar-refractivity contribution in [1.82, 2.24) is 0 Å². The van der Waals surface area contributed by atoms with E-state index < -0.39 is 0 Å². The second-order valence-electron chi connectivity index (χ2n) is 7.35. The lowest BCUT2D eigenvalue weighted by atomic mass is 10.1. The third kappa shape index (κ3) is 23.9. The van der Waals surface area contributed by atoms with Gasteiger partial charge in [-0.15, -0.1) is 0 Å². The van der Waals surface area contributed by atoms with Crippen LogP contribution >= 0.6 is 0 Å². The molecule has 0 atom stereocenters. The number of rotatable bonds is 11. The van der Waals surface area contributed by atoms with Crippen LogP contribution in [0.15, 0.2) is 36.4 Å². The molecule has 0 saturated carbocycles. The van der Waals surface area contributed by atoms with Crippen LogP contribution in [0.5, 0.6) is 0 Å². The maximum Gasteiger partial charge on any atom is 0.0780 e. The van der Waals surface area contributed by atoms with Crippen molar-refractivity contribution in [2.75, 3.05) is 27.7 Å². The van der Waals surface area contributed by atoms with Gasteiger partial charge in [-0.1, -0.05) is 94.7 Å². The monoisotopic (exact) mass is 341 g/mol. The first-order valence-corrected chi connectivity index (χ1v) is 9.36. The van der Waals surface area contributed by atoms with Gasteiger partial charge in [-0.25, -0.2) is 0 Å². The fraction of sp³-hybridized carbons (Fsp3) is 0.714. The molecule has 0 aliphatic rings. The van der Waals surface area contributed by atoms with Crippen LogP contribution in [0.1, 0.15) is 71.1 Å². The number of unbranched alkanes of at least 4 members (excludes halogenated alkanes) is 9. The summed E-state index contributed by atoms with van der Waals surface area (Å²) in [7, 11) is 6.86. The van der Waals surface area contributed by atoms with Crippen LogP contribution in [0.4, 0.5) is 0 Å². The standard InChI is InChI=1S/C15H34N.C6H6.ClH/c1-5-6-7-8-9-10-11-12-13-14-15-16(2,3)4;1-2-4-6-5-3-1;/h5-15H2,1-4H3;1-6H;1H/q+1;;/p-1. The third-order valence-corrected chi connectivity index (χ3v) is 3.85. The Balaban J connectivity index is 0. The first kappa shape index (κ1) is 24.7. The molecule has 0 N–H and O–H groups in total. The van der Waals surface area contributed by atoms with Gasteiger partial charge in [0.15, 0.2) is 0 Å². The highest BCUT2D eigenvalue weighted by molar-refractivity contribution is 4.99. The van der Waals surface area contributed by atoms with Gasteiger partial charge in [0.2, 0.25) is 0 Å². The lowest BCUT2D eigenvalue weighted by Crippen LogP contribution is -3.00. The lowest BCUT2D eigenvalue weighted by Gasteiger charge is -2.23. The molecule has 1 nitrogen and oxygen atoms in total. The quantitative estimate of drug-likeness (QED) is 0.428. The second kappa shape index (κ2) is 17.8. The molecule has 23 heavy (non-hydrogen) atoms. The van der Waals surface area contributed by atoms with Crippen molar-refractivity contribution in [3.63, 3.8) is 0 Å². The minimum Gasteiger partial charge on any atom is -1.00 e. The van der Waals surface area contributed by atoms with Crippen molar-refractivity contribution >= 4 is 0 Å². The Kier molecular flexibility index (Phi) is 19.1. The Bertz CT molecular complexity index is 279. The highest BCUT2D eigenvalue weighted by Crippen LogP contribution is 2.10. The van der Waals surface area contributed by atoms with E-state index in [-0.39, 0.29) is 12.4 Å². The molecule has 0 bridgehead atoms. The van der Waals surface area contributed by atoms with Crippen LogP contribution in [0.25, 0.3) is 0 Å². The van der Waals surface area contributed by atoms with Gasteiger partial charge in [-0.3, -0.25) is 0 Å². The van der Waals surface area contributed by atoms with E-state index in [0.717, 1.165) is 4.48 Å². The summed E-state index contributed by atoms with van der Waals surface area (Å²) in [5.74, 6) is 0. The molecule has 1 rings (SSSR count). The molecule has 0 radical (unpaired) electrons. The van der Waals surface area contributed by atoms with Gasteiger partial charge in [-0.2, -0.15) is 0 Å². The van der Waals surface area contributed by atoms with Crippen LogP contribution < -0.4 is 12.4 Å². The van der Waals surface area contributed by atoms with Crippen molar-refractivity contribution in [1.29, 1.82) is 0 Å². The number of halogens is 1. The molecule has 0 aliphatic carbocycles. The zero-order chi connectivity index (χ0) is 16.5. The molecule has 0 unspecified atom stereocenters. The van der Waals surface area contributed by atoms with Crippen molar-refractivity contribution in [2.45, 2.75) is 71.1 Å². The van der Waals surface area contributed by atoms with Gasteiger partial charge in [0.1, 0.15) is 0 Å². The van der Waals surface area contributed by atoms with Crippen molar-refractivity contribution in [3.8, 4) is 0 Å². The zero-order valence-electron chi connectivity index (χ0n) is 16.1. The first-order chi connectivity index (χ1) is 10.6. The summed E-state index contributed by atoms with van der Waals surface area (Å²) >= 11 is 0. The molecule has 1 aromatic carbocycles. The van der Waals surface area contributed by atoms with Gasteiger partial charge in [0, 0.05) is 0 Å². The van der Waals surface area contributed by atoms with E-state index in [9.17, 15) is 0 Å². The summed E-state index contributed by atoms with van der Waals surface area (Å²) in [5, 5.41) is 0. The molecule has 0 amide bonds. The van der Waals surface area contributed by atoms with Crippen LogP contribution in [0.2, 0.25) is 0 Å². The maximum atomic E-state index is 2.29. The molecular formula is C21H40ClN. The number of benzene rings is 1. The van der Waals surface area contributed by atoms with E-state index >= 15 is 0 Å². The summed E-state index contributed by atoms with van der Waals surface area (Å²) in [4.78, 5) is 0. The molecule has 1 aromatic rings. The summed E-state index contributed by atoms with van der Waals surface area (Å²) in [5.41, 5.74) is 0. The highest BCUT2D eigenvalue weighted by Gasteiger charge is 2.04. The number of hydrogen-bond donors (Lipinski definition) is 0. The smallest absolute Gasteiger partial charge is 0.0780 e. The second-order valence-corrected chi connectivity index (χ2v) is 7.35. The topological polar surface area (TPSA) is 0 Å². The average molecular weight is 342 g/mol. The third-order valence-electron chi connectivity index (χ3n) is 3.85. The van der Waals surface area contributed by atoms with Crippen LogP contribution in [-0.4, -0.2) is 32.2 Å². The molecular weight excluding hydrogens is 302 g/mol. The van der Waals surface area contributed by atoms with Crippen LogP contribution in [0.3, 0.4) is 0 Å². The fourth-order valence-corrected chi connectivity index (χ4v) is 2.46. The van der Waals surface area contributed by atoms with Gasteiger partial charge in [0.25, 0.3) is 0 Å². The minimum absolute atomic E-state index is 0. The van der Waals surface area contributed by atoms with E-state index in [2.05, 4.69) is 28.1 Å². The lowest BCUT2D eigenvalue weighted by molar-refractivity contribution is -0.870. The van der Waals surface area contributed by atoms with Gasteiger partial charge >= 0.3 is 0 Å². The molecule has 0 heterocycles. The minimum atomic E-state index is 0. The zero-order valence-corrected chi connectivity index (χ0v) is 16.8.